The first kappa shape index (κ1) is 19.9. The predicted octanol–water partition coefficient (Wildman–Crippen LogP) is 3.65. The molecular weight excluding hydrogens is 361 g/mol. The predicted molar refractivity (Wildman–Crippen MR) is 103 cm³/mol. The molecule has 1 amide bonds. The number of alkyl halides is 1. The number of nitrogens with zero attached hydrogens (tertiary/aromatic N) is 3. The summed E-state index contributed by atoms with van der Waals surface area (Å²) in [4.78, 5) is 17.6. The van der Waals surface area contributed by atoms with Crippen LogP contribution in [0.2, 0.25) is 0 Å². The Balaban J connectivity index is 1.68. The lowest BCUT2D eigenvalue weighted by Gasteiger charge is -2.35. The van der Waals surface area contributed by atoms with Gasteiger partial charge >= 0.3 is 0 Å². The van der Waals surface area contributed by atoms with Gasteiger partial charge in [-0.3, -0.25) is 4.79 Å². The normalized spacial score (nSPS) is 16.0. The molecule has 0 spiro atoms. The summed E-state index contributed by atoms with van der Waals surface area (Å²) in [6, 6.07) is 9.37. The number of halogens is 1. The van der Waals surface area contributed by atoms with Crippen LogP contribution < -0.4 is 9.47 Å². The molecule has 3 rings (SSSR count). The molecule has 2 aromatic rings. The molecule has 0 radical (unpaired) electrons. The van der Waals surface area contributed by atoms with Gasteiger partial charge in [-0.15, -0.1) is 0 Å². The van der Waals surface area contributed by atoms with E-state index in [-0.39, 0.29) is 51.0 Å². The van der Waals surface area contributed by atoms with Crippen LogP contribution in [0.1, 0.15) is 33.1 Å². The Bertz CT molecular complexity index is 886. The van der Waals surface area contributed by atoms with Crippen molar-refractivity contribution in [2.45, 2.75) is 44.9 Å². The highest BCUT2D eigenvalue weighted by molar-refractivity contribution is 5.88. The molecule has 148 valence electrons. The summed E-state index contributed by atoms with van der Waals surface area (Å²) in [6.07, 6.45) is 1.86. The van der Waals surface area contributed by atoms with E-state index < -0.39 is 5.67 Å². The monoisotopic (exact) mass is 385 g/mol. The fourth-order valence-electron chi connectivity index (χ4n) is 3.26. The molecule has 0 saturated carbocycles. The van der Waals surface area contributed by atoms with E-state index in [1.54, 1.807) is 6.20 Å². The number of carbonyl (C=O) groups is 1. The second kappa shape index (κ2) is 8.42. The Morgan fingerprint density at radius 2 is 2.11 bits per heavy atom. The van der Waals surface area contributed by atoms with Gasteiger partial charge in [-0.1, -0.05) is 6.07 Å². The Hall–Kier alpha value is -2.88. The smallest absolute Gasteiger partial charge is 0.236 e. The first-order chi connectivity index (χ1) is 13.4. The Morgan fingerprint density at radius 3 is 2.79 bits per heavy atom. The Morgan fingerprint density at radius 1 is 1.36 bits per heavy atom. The largest absolute Gasteiger partial charge is 0.491 e. The van der Waals surface area contributed by atoms with Gasteiger partial charge in [0.2, 0.25) is 11.8 Å². The molecule has 0 aliphatic carbocycles. The number of piperidine rings is 1. The van der Waals surface area contributed by atoms with Crippen molar-refractivity contribution in [3.05, 3.63) is 30.5 Å². The maximum atomic E-state index is 15.2. The molecule has 1 aromatic heterocycles. The summed E-state index contributed by atoms with van der Waals surface area (Å²) in [5, 5.41) is 10.3. The Kier molecular flexibility index (Phi) is 5.98. The SMILES string of the molecule is CC(C)Oc1ccc2ccnc(OCC3(F)CCN(C(=O)CC#N)CC3)c2c1. The van der Waals surface area contributed by atoms with E-state index in [4.69, 9.17) is 14.7 Å². The summed E-state index contributed by atoms with van der Waals surface area (Å²) in [5.74, 6) is 0.824. The van der Waals surface area contributed by atoms with Gasteiger partial charge in [-0.05, 0) is 37.4 Å². The van der Waals surface area contributed by atoms with Crippen LogP contribution in [0.15, 0.2) is 30.5 Å². The molecule has 1 aromatic carbocycles. The summed E-state index contributed by atoms with van der Waals surface area (Å²) in [7, 11) is 0. The van der Waals surface area contributed by atoms with Crippen molar-refractivity contribution in [1.29, 1.82) is 5.26 Å². The number of hydrogen-bond donors (Lipinski definition) is 0. The molecule has 28 heavy (non-hydrogen) atoms. The molecule has 7 heteroatoms. The van der Waals surface area contributed by atoms with Crippen LogP contribution in [-0.4, -0.2) is 47.3 Å². The van der Waals surface area contributed by atoms with Gasteiger partial charge in [0.15, 0.2) is 0 Å². The second-order valence-corrected chi connectivity index (χ2v) is 7.32. The van der Waals surface area contributed by atoms with E-state index in [0.29, 0.717) is 11.6 Å². The van der Waals surface area contributed by atoms with Gasteiger partial charge in [0.25, 0.3) is 0 Å². The topological polar surface area (TPSA) is 75.5 Å². The van der Waals surface area contributed by atoms with Gasteiger partial charge in [-0.2, -0.15) is 5.26 Å². The van der Waals surface area contributed by atoms with Crippen molar-refractivity contribution >= 4 is 16.7 Å². The molecule has 1 saturated heterocycles. The van der Waals surface area contributed by atoms with Crippen LogP contribution >= 0.6 is 0 Å². The molecule has 0 bridgehead atoms. The number of rotatable bonds is 6. The fourth-order valence-corrected chi connectivity index (χ4v) is 3.26. The van der Waals surface area contributed by atoms with Gasteiger partial charge in [0, 0.05) is 37.5 Å². The molecule has 0 N–H and O–H groups in total. The fraction of sp³-hybridized carbons (Fsp3) is 0.476. The molecule has 1 aliphatic heterocycles. The van der Waals surface area contributed by atoms with E-state index in [9.17, 15) is 4.79 Å². The number of benzene rings is 1. The number of fused-ring (bicyclic) bond motifs is 1. The number of carbonyl (C=O) groups excluding carboxylic acids is 1. The van der Waals surface area contributed by atoms with Crippen molar-refractivity contribution in [1.82, 2.24) is 9.88 Å². The van der Waals surface area contributed by atoms with Crippen LogP contribution in [-0.2, 0) is 4.79 Å². The lowest BCUT2D eigenvalue weighted by atomic mass is 9.94. The summed E-state index contributed by atoms with van der Waals surface area (Å²) in [5.41, 5.74) is -1.53. The summed E-state index contributed by atoms with van der Waals surface area (Å²) >= 11 is 0. The average molecular weight is 385 g/mol. The lowest BCUT2D eigenvalue weighted by molar-refractivity contribution is -0.133. The molecular formula is C21H24FN3O3. The molecule has 6 nitrogen and oxygen atoms in total. The number of amides is 1. The third-order valence-corrected chi connectivity index (χ3v) is 4.78. The summed E-state index contributed by atoms with van der Waals surface area (Å²) < 4.78 is 26.6. The minimum absolute atomic E-state index is 0.0431. The molecule has 0 atom stereocenters. The van der Waals surface area contributed by atoms with Crippen LogP contribution in [0.4, 0.5) is 4.39 Å². The average Bonchev–Trinajstić information content (AvgIpc) is 2.66. The van der Waals surface area contributed by atoms with Crippen molar-refractivity contribution in [2.75, 3.05) is 19.7 Å². The van der Waals surface area contributed by atoms with Crippen LogP contribution in [0.3, 0.4) is 0 Å². The number of aromatic nitrogens is 1. The molecule has 0 unspecified atom stereocenters. The molecule has 1 fully saturated rings. The highest BCUT2D eigenvalue weighted by atomic mass is 19.1. The minimum Gasteiger partial charge on any atom is -0.491 e. The van der Waals surface area contributed by atoms with E-state index in [1.807, 2.05) is 44.2 Å². The van der Waals surface area contributed by atoms with Crippen molar-refractivity contribution in [3.8, 4) is 17.7 Å². The van der Waals surface area contributed by atoms with E-state index in [1.165, 1.54) is 4.90 Å². The zero-order valence-corrected chi connectivity index (χ0v) is 16.2. The number of hydrogen-bond acceptors (Lipinski definition) is 5. The first-order valence-electron chi connectivity index (χ1n) is 9.42. The summed E-state index contributed by atoms with van der Waals surface area (Å²) in [6.45, 7) is 4.34. The minimum atomic E-state index is -1.53. The van der Waals surface area contributed by atoms with Gasteiger partial charge < -0.3 is 14.4 Å². The standard InChI is InChI=1S/C21H24FN3O3/c1-15(2)28-17-4-3-16-6-10-24-20(18(16)13-17)27-14-21(22)7-11-25(12-8-21)19(26)5-9-23/h3-4,6,10,13,15H,5,7-8,11-12,14H2,1-2H3. The zero-order chi connectivity index (χ0) is 20.1. The van der Waals surface area contributed by atoms with Crippen molar-refractivity contribution < 1.29 is 18.7 Å². The zero-order valence-electron chi connectivity index (χ0n) is 16.2. The maximum Gasteiger partial charge on any atom is 0.236 e. The highest BCUT2D eigenvalue weighted by Gasteiger charge is 2.37. The van der Waals surface area contributed by atoms with Gasteiger partial charge in [0.1, 0.15) is 24.4 Å². The molecule has 2 heterocycles. The third-order valence-electron chi connectivity index (χ3n) is 4.78. The quantitative estimate of drug-likeness (QED) is 0.759. The third kappa shape index (κ3) is 4.69. The number of ether oxygens (including phenoxy) is 2. The van der Waals surface area contributed by atoms with E-state index >= 15 is 4.39 Å². The number of nitriles is 1. The van der Waals surface area contributed by atoms with E-state index in [2.05, 4.69) is 4.98 Å². The lowest BCUT2D eigenvalue weighted by Crippen LogP contribution is -2.47. The second-order valence-electron chi connectivity index (χ2n) is 7.32. The highest BCUT2D eigenvalue weighted by Crippen LogP contribution is 2.31. The first-order valence-corrected chi connectivity index (χ1v) is 9.42. The van der Waals surface area contributed by atoms with Gasteiger partial charge in [0.05, 0.1) is 12.2 Å². The Labute approximate surface area is 163 Å². The number of likely N-dealkylation sites (tertiary alicyclic amines) is 1. The molecule has 1 aliphatic rings. The maximum absolute atomic E-state index is 15.2. The van der Waals surface area contributed by atoms with Crippen LogP contribution in [0.5, 0.6) is 11.6 Å². The van der Waals surface area contributed by atoms with Gasteiger partial charge in [-0.25, -0.2) is 9.37 Å². The van der Waals surface area contributed by atoms with Crippen molar-refractivity contribution in [2.24, 2.45) is 0 Å². The number of pyridine rings is 1. The van der Waals surface area contributed by atoms with Crippen LogP contribution in [0.25, 0.3) is 10.8 Å². The van der Waals surface area contributed by atoms with Crippen molar-refractivity contribution in [3.63, 3.8) is 0 Å². The van der Waals surface area contributed by atoms with E-state index in [0.717, 1.165) is 10.8 Å². The van der Waals surface area contributed by atoms with Crippen LogP contribution in [0, 0.1) is 11.3 Å².